The van der Waals surface area contributed by atoms with Gasteiger partial charge in [0.2, 0.25) is 5.89 Å². The number of nitrogens with one attached hydrogen (secondary N) is 2. The van der Waals surface area contributed by atoms with Gasteiger partial charge in [0.05, 0.1) is 11.9 Å². The van der Waals surface area contributed by atoms with E-state index in [-0.39, 0.29) is 11.8 Å². The van der Waals surface area contributed by atoms with Crippen LogP contribution in [0.5, 0.6) is 0 Å². The molecule has 0 fully saturated rings. The molecule has 2 N–H and O–H groups in total. The number of carbonyl (C=O) groups is 3. The van der Waals surface area contributed by atoms with Gasteiger partial charge in [-0.1, -0.05) is 33.3 Å². The quantitative estimate of drug-likeness (QED) is 0.152. The lowest BCUT2D eigenvalue weighted by molar-refractivity contribution is -0.0980. The van der Waals surface area contributed by atoms with Gasteiger partial charge in [0.25, 0.3) is 11.8 Å². The Morgan fingerprint density at radius 2 is 1.62 bits per heavy atom. The molecule has 1 aliphatic rings. The van der Waals surface area contributed by atoms with Crippen molar-refractivity contribution in [1.82, 2.24) is 30.4 Å². The van der Waals surface area contributed by atoms with E-state index in [0.717, 1.165) is 56.2 Å². The van der Waals surface area contributed by atoms with Crippen molar-refractivity contribution in [3.8, 4) is 11.5 Å². The van der Waals surface area contributed by atoms with Crippen molar-refractivity contribution in [3.05, 3.63) is 107 Å². The number of nitrogens with zero attached hydrogens (tertiary/aromatic N) is 4. The summed E-state index contributed by atoms with van der Waals surface area (Å²) in [6, 6.07) is 9.24. The number of halogens is 2. The van der Waals surface area contributed by atoms with Crippen LogP contribution in [0.1, 0.15) is 92.3 Å². The second-order valence-electron chi connectivity index (χ2n) is 11.9. The molecule has 0 bridgehead atoms. The first-order valence-electron chi connectivity index (χ1n) is 17.7. The van der Waals surface area contributed by atoms with Gasteiger partial charge in [-0.2, -0.15) is 0 Å². The van der Waals surface area contributed by atoms with E-state index in [2.05, 4.69) is 31.6 Å². The largest absolute Gasteiger partial charge is 0.445 e. The van der Waals surface area contributed by atoms with E-state index in [1.807, 2.05) is 65.7 Å². The van der Waals surface area contributed by atoms with E-state index in [1.165, 1.54) is 24.0 Å². The summed E-state index contributed by atoms with van der Waals surface area (Å²) in [6.45, 7) is 16.0. The lowest BCUT2D eigenvalue weighted by Gasteiger charge is -2.22. The molecule has 4 rings (SSSR count). The fraction of sp³-hybridized carbons (Fsp3) is 0.425. The van der Waals surface area contributed by atoms with E-state index in [9.17, 15) is 18.4 Å². The number of hydrogen-bond donors (Lipinski definition) is 2. The van der Waals surface area contributed by atoms with Crippen LogP contribution in [0.4, 0.5) is 8.78 Å². The topological polar surface area (TPSA) is 121 Å². The minimum atomic E-state index is -0.510. The summed E-state index contributed by atoms with van der Waals surface area (Å²) in [6.07, 6.45) is 11.4. The van der Waals surface area contributed by atoms with E-state index in [4.69, 9.17) is 9.21 Å². The average Bonchev–Trinajstić information content (AvgIpc) is 3.64. The van der Waals surface area contributed by atoms with E-state index < -0.39 is 11.7 Å². The molecule has 3 aromatic rings. The predicted octanol–water partition coefficient (Wildman–Crippen LogP) is 7.85. The zero-order valence-corrected chi connectivity index (χ0v) is 31.8. The summed E-state index contributed by atoms with van der Waals surface area (Å²) >= 11 is 0. The molecule has 2 heterocycles. The first-order valence-corrected chi connectivity index (χ1v) is 17.7. The molecule has 284 valence electrons. The van der Waals surface area contributed by atoms with Crippen molar-refractivity contribution >= 4 is 18.6 Å². The molecule has 52 heavy (non-hydrogen) atoms. The molecule has 2 amide bonds. The van der Waals surface area contributed by atoms with Crippen LogP contribution >= 0.6 is 0 Å². The molecule has 0 atom stereocenters. The van der Waals surface area contributed by atoms with Crippen LogP contribution in [0.2, 0.25) is 0 Å². The molecule has 0 unspecified atom stereocenters. The van der Waals surface area contributed by atoms with Gasteiger partial charge in [-0.15, -0.1) is 0 Å². The zero-order valence-electron chi connectivity index (χ0n) is 31.8. The molecule has 0 radical (unpaired) electrons. The van der Waals surface area contributed by atoms with Crippen LogP contribution in [0.25, 0.3) is 11.5 Å². The number of aromatic nitrogens is 2. The van der Waals surface area contributed by atoms with Crippen molar-refractivity contribution in [2.24, 2.45) is 0 Å². The second kappa shape index (κ2) is 26.0. The fourth-order valence-electron chi connectivity index (χ4n) is 4.99. The molecule has 2 aromatic heterocycles. The monoisotopic (exact) mass is 722 g/mol. The Bertz CT molecular complexity index is 1580. The van der Waals surface area contributed by atoms with Crippen LogP contribution in [0.15, 0.2) is 88.9 Å². The Hall–Kier alpha value is -4.81. The SMILES string of the molecule is C=O.CC.CC1=CC(F)=CC(F)=CC1.CCCN(CCC)C(=O)c1cc(C(=O)NCCCNCc2ccnc(CN(C)C)c2)cc(-c2ncco2)c1. The third kappa shape index (κ3) is 16.9. The summed E-state index contributed by atoms with van der Waals surface area (Å²) in [5.74, 6) is -0.952. The van der Waals surface area contributed by atoms with E-state index in [1.54, 1.807) is 31.3 Å². The van der Waals surface area contributed by atoms with Crippen LogP contribution in [0.3, 0.4) is 0 Å². The third-order valence-corrected chi connectivity index (χ3v) is 7.18. The maximum absolute atomic E-state index is 13.3. The molecule has 10 nitrogen and oxygen atoms in total. The van der Waals surface area contributed by atoms with Gasteiger partial charge in [0.15, 0.2) is 0 Å². The Balaban J connectivity index is 0.000000815. The minimum absolute atomic E-state index is 0.0924. The number of allylic oxidation sites excluding steroid dienone is 6. The molecule has 0 aliphatic heterocycles. The smallest absolute Gasteiger partial charge is 0.253 e. The number of hydrogen-bond acceptors (Lipinski definition) is 8. The number of benzene rings is 1. The molecule has 1 aliphatic carbocycles. The van der Waals surface area contributed by atoms with Crippen molar-refractivity contribution in [2.45, 2.75) is 73.4 Å². The molecule has 0 saturated carbocycles. The van der Waals surface area contributed by atoms with Crippen molar-refractivity contribution in [3.63, 3.8) is 0 Å². The van der Waals surface area contributed by atoms with E-state index >= 15 is 0 Å². The normalized spacial score (nSPS) is 11.9. The van der Waals surface area contributed by atoms with Crippen LogP contribution in [0, 0.1) is 0 Å². The van der Waals surface area contributed by atoms with Gasteiger partial charge in [-0.05, 0) is 101 Å². The van der Waals surface area contributed by atoms with Crippen molar-refractivity contribution in [2.75, 3.05) is 40.3 Å². The Kier molecular flexibility index (Phi) is 22.6. The number of oxazole rings is 1. The predicted molar refractivity (Wildman–Crippen MR) is 204 cm³/mol. The molecular formula is C40H56F2N6O4. The highest BCUT2D eigenvalue weighted by Crippen LogP contribution is 2.23. The Labute approximate surface area is 308 Å². The van der Waals surface area contributed by atoms with Crippen LogP contribution < -0.4 is 10.6 Å². The first kappa shape index (κ1) is 45.2. The zero-order chi connectivity index (χ0) is 38.9. The van der Waals surface area contributed by atoms with Gasteiger partial charge in [-0.25, -0.2) is 13.8 Å². The maximum atomic E-state index is 13.3. The highest BCUT2D eigenvalue weighted by molar-refractivity contribution is 6.01. The third-order valence-electron chi connectivity index (χ3n) is 7.18. The molecule has 0 saturated heterocycles. The fourth-order valence-corrected chi connectivity index (χ4v) is 4.99. The Morgan fingerprint density at radius 1 is 0.923 bits per heavy atom. The van der Waals surface area contributed by atoms with Crippen LogP contribution in [-0.2, 0) is 17.9 Å². The highest BCUT2D eigenvalue weighted by Gasteiger charge is 2.19. The van der Waals surface area contributed by atoms with Gasteiger partial charge in [-0.3, -0.25) is 14.6 Å². The number of rotatable bonds is 15. The minimum Gasteiger partial charge on any atom is -0.445 e. The lowest BCUT2D eigenvalue weighted by atomic mass is 10.0. The lowest BCUT2D eigenvalue weighted by Crippen LogP contribution is -2.33. The maximum Gasteiger partial charge on any atom is 0.253 e. The van der Waals surface area contributed by atoms with Gasteiger partial charge in [0, 0.05) is 61.7 Å². The summed E-state index contributed by atoms with van der Waals surface area (Å²) in [4.78, 5) is 46.8. The molecular weight excluding hydrogens is 666 g/mol. The standard InChI is InChI=1S/C29H40N6O3.C8H8F2.C2H6.CH2O/c1-5-13-35(14-6-2)29(37)25-18-23(17-24(19-25)28-33-12-15-38-28)27(36)32-10-7-9-30-20-22-8-11-31-26(16-22)21-34(3)4;1-6-2-3-7(9)5-8(10)4-6;2*1-2/h8,11-12,15-19,30H,5-7,9-10,13-14,20-21H2,1-4H3,(H,32,36);3-5H,2H2,1H3;1-2H3;1H2. The summed E-state index contributed by atoms with van der Waals surface area (Å²) in [7, 11) is 4.05. The second-order valence-corrected chi connectivity index (χ2v) is 11.9. The number of carbonyl (C=O) groups excluding carboxylic acids is 3. The highest BCUT2D eigenvalue weighted by atomic mass is 19.1. The van der Waals surface area contributed by atoms with Crippen LogP contribution in [-0.4, -0.2) is 78.6 Å². The van der Waals surface area contributed by atoms with Crippen molar-refractivity contribution in [1.29, 1.82) is 0 Å². The summed E-state index contributed by atoms with van der Waals surface area (Å²) < 4.78 is 30.3. The molecule has 12 heteroatoms. The Morgan fingerprint density at radius 3 is 2.25 bits per heavy atom. The van der Waals surface area contributed by atoms with Crippen molar-refractivity contribution < 1.29 is 27.6 Å². The van der Waals surface area contributed by atoms with E-state index in [0.29, 0.717) is 48.6 Å². The summed E-state index contributed by atoms with van der Waals surface area (Å²) in [5, 5.41) is 6.40. The molecule has 0 spiro atoms. The van der Waals surface area contributed by atoms with Gasteiger partial charge >= 0.3 is 0 Å². The summed E-state index contributed by atoms with van der Waals surface area (Å²) in [5.41, 5.74) is 4.53. The van der Waals surface area contributed by atoms with Gasteiger partial charge < -0.3 is 29.6 Å². The average molecular weight is 723 g/mol. The number of amides is 2. The molecule has 1 aromatic carbocycles. The van der Waals surface area contributed by atoms with Gasteiger partial charge in [0.1, 0.15) is 24.7 Å². The first-order chi connectivity index (χ1) is 25.1. The number of pyridine rings is 1.